The summed E-state index contributed by atoms with van der Waals surface area (Å²) in [5, 5.41) is 12.0. The molecule has 0 saturated heterocycles. The number of benzene rings is 3. The first-order chi connectivity index (χ1) is 23.3. The van der Waals surface area contributed by atoms with Crippen LogP contribution in [0.2, 0.25) is 5.02 Å². The van der Waals surface area contributed by atoms with Crippen LogP contribution in [0.15, 0.2) is 82.8 Å². The molecular formula is C34H37ClF3N7O4. The van der Waals surface area contributed by atoms with Crippen molar-refractivity contribution >= 4 is 41.1 Å². The molecule has 11 nitrogen and oxygen atoms in total. The van der Waals surface area contributed by atoms with E-state index in [1.165, 1.54) is 0 Å². The Morgan fingerprint density at radius 3 is 2.53 bits per heavy atom. The van der Waals surface area contributed by atoms with Gasteiger partial charge in [0.1, 0.15) is 5.75 Å². The first kappa shape index (κ1) is 35.5. The van der Waals surface area contributed by atoms with E-state index in [-0.39, 0.29) is 43.5 Å². The number of anilines is 1. The Morgan fingerprint density at radius 1 is 1.06 bits per heavy atom. The Labute approximate surface area is 286 Å². The van der Waals surface area contributed by atoms with Crippen LogP contribution in [-0.4, -0.2) is 74.0 Å². The molecule has 1 unspecified atom stereocenters. The number of carbonyl (C=O) groups excluding carboxylic acids is 2. The Balaban J connectivity index is 1.38. The largest absolute Gasteiger partial charge is 0.492 e. The van der Waals surface area contributed by atoms with E-state index in [1.54, 1.807) is 59.5 Å². The van der Waals surface area contributed by atoms with Crippen LogP contribution < -0.4 is 26.0 Å². The number of ether oxygens (including phenoxy) is 2. The summed E-state index contributed by atoms with van der Waals surface area (Å²) < 4.78 is 49.5. The van der Waals surface area contributed by atoms with Gasteiger partial charge in [-0.1, -0.05) is 49.7 Å². The number of nitrogens with zero attached hydrogens (tertiary/aromatic N) is 3. The van der Waals surface area contributed by atoms with Crippen molar-refractivity contribution in [2.24, 2.45) is 15.4 Å². The molecule has 4 N–H and O–H groups in total. The number of amidine groups is 1. The predicted molar refractivity (Wildman–Crippen MR) is 181 cm³/mol. The van der Waals surface area contributed by atoms with Crippen molar-refractivity contribution in [1.82, 2.24) is 20.9 Å². The summed E-state index contributed by atoms with van der Waals surface area (Å²) in [5.74, 6) is 0.112. The lowest BCUT2D eigenvalue weighted by molar-refractivity contribution is -0.156. The summed E-state index contributed by atoms with van der Waals surface area (Å²) in [6.45, 7) is 3.99. The van der Waals surface area contributed by atoms with Crippen LogP contribution >= 0.6 is 11.6 Å². The lowest BCUT2D eigenvalue weighted by atomic mass is 9.92. The molecule has 260 valence electrons. The molecule has 8 rings (SSSR count). The third kappa shape index (κ3) is 10.6. The van der Waals surface area contributed by atoms with Crippen LogP contribution in [-0.2, 0) is 11.3 Å². The van der Waals surface area contributed by atoms with E-state index in [1.807, 2.05) is 32.0 Å². The minimum absolute atomic E-state index is 0.0782. The second kappa shape index (κ2) is 15.6. The fourth-order valence-corrected chi connectivity index (χ4v) is 5.33. The van der Waals surface area contributed by atoms with Gasteiger partial charge in [-0.25, -0.2) is 4.99 Å². The highest BCUT2D eigenvalue weighted by molar-refractivity contribution is 6.32. The van der Waals surface area contributed by atoms with Crippen LogP contribution in [0.25, 0.3) is 0 Å². The SMILES string of the molecule is CC1(C)CNC(=O)c2ccc(cc2)NC2=NC(N=C(OCC(F)(F)F)N2)NCc2ccc(c(Cl)c2)OCCCN(C(=O)c2ccccc2)C1. The van der Waals surface area contributed by atoms with Gasteiger partial charge in [0.05, 0.1) is 11.6 Å². The van der Waals surface area contributed by atoms with Crippen LogP contribution in [0.5, 0.6) is 5.75 Å². The monoisotopic (exact) mass is 699 g/mol. The van der Waals surface area contributed by atoms with E-state index in [0.29, 0.717) is 47.1 Å². The van der Waals surface area contributed by atoms with Crippen LogP contribution in [0.1, 0.15) is 46.5 Å². The van der Waals surface area contributed by atoms with Gasteiger partial charge in [0, 0.05) is 43.0 Å². The normalized spacial score (nSPS) is 18.9. The zero-order valence-electron chi connectivity index (χ0n) is 26.9. The molecule has 0 aromatic heterocycles. The number of carbonyl (C=O) groups is 2. The van der Waals surface area contributed by atoms with Crippen molar-refractivity contribution < 1.29 is 32.2 Å². The molecule has 3 aromatic rings. The molecule has 2 amide bonds. The molecule has 3 aromatic carbocycles. The molecule has 15 heteroatoms. The molecule has 5 heterocycles. The summed E-state index contributed by atoms with van der Waals surface area (Å²) in [7, 11) is 0. The van der Waals surface area contributed by atoms with E-state index >= 15 is 0 Å². The minimum atomic E-state index is -4.57. The Morgan fingerprint density at radius 2 is 1.82 bits per heavy atom. The highest BCUT2D eigenvalue weighted by Gasteiger charge is 2.31. The Bertz CT molecular complexity index is 1690. The van der Waals surface area contributed by atoms with Gasteiger partial charge in [0.2, 0.25) is 12.2 Å². The number of hydrogen-bond donors (Lipinski definition) is 4. The number of aliphatic imine (C=N–C) groups is 2. The molecule has 6 bridgehead atoms. The fourth-order valence-electron chi connectivity index (χ4n) is 5.08. The maximum atomic E-state index is 13.5. The minimum Gasteiger partial charge on any atom is -0.492 e. The highest BCUT2D eigenvalue weighted by atomic mass is 35.5. The summed E-state index contributed by atoms with van der Waals surface area (Å²) in [4.78, 5) is 36.9. The van der Waals surface area contributed by atoms with E-state index < -0.39 is 24.5 Å². The molecule has 0 fully saturated rings. The third-order valence-corrected chi connectivity index (χ3v) is 7.76. The van der Waals surface area contributed by atoms with Gasteiger partial charge in [-0.2, -0.15) is 18.2 Å². The molecule has 1 atom stereocenters. The van der Waals surface area contributed by atoms with Crippen LogP contribution in [0.3, 0.4) is 0 Å². The summed E-state index contributed by atoms with van der Waals surface area (Å²) >= 11 is 6.53. The first-order valence-corrected chi connectivity index (χ1v) is 16.0. The van der Waals surface area contributed by atoms with Gasteiger partial charge >= 0.3 is 6.18 Å². The second-order valence-corrected chi connectivity index (χ2v) is 12.7. The topological polar surface area (TPSA) is 129 Å². The Hall–Kier alpha value is -4.82. The number of rotatable bonds is 2. The van der Waals surface area contributed by atoms with Crippen molar-refractivity contribution in [2.45, 2.75) is 39.3 Å². The lowest BCUT2D eigenvalue weighted by Gasteiger charge is -2.33. The second-order valence-electron chi connectivity index (χ2n) is 12.3. The van der Waals surface area contributed by atoms with Gasteiger partial charge in [-0.3, -0.25) is 20.2 Å². The molecular weight excluding hydrogens is 663 g/mol. The molecule has 0 saturated carbocycles. The van der Waals surface area contributed by atoms with Gasteiger partial charge in [0.15, 0.2) is 6.61 Å². The lowest BCUT2D eigenvalue weighted by Crippen LogP contribution is -2.45. The van der Waals surface area contributed by atoms with Crippen molar-refractivity contribution in [3.8, 4) is 5.75 Å². The van der Waals surface area contributed by atoms with Crippen LogP contribution in [0.4, 0.5) is 18.9 Å². The average molecular weight is 700 g/mol. The van der Waals surface area contributed by atoms with Crippen molar-refractivity contribution in [3.63, 3.8) is 0 Å². The molecule has 0 radical (unpaired) electrons. The number of guanidine groups is 1. The van der Waals surface area contributed by atoms with Gasteiger partial charge < -0.3 is 25.0 Å². The van der Waals surface area contributed by atoms with E-state index in [9.17, 15) is 22.8 Å². The molecule has 5 aliphatic heterocycles. The first-order valence-electron chi connectivity index (χ1n) is 15.6. The quantitative estimate of drug-likeness (QED) is 0.282. The Kier molecular flexibility index (Phi) is 11.3. The molecule has 5 aliphatic rings. The molecule has 0 spiro atoms. The zero-order valence-corrected chi connectivity index (χ0v) is 27.7. The van der Waals surface area contributed by atoms with Crippen LogP contribution in [0, 0.1) is 5.41 Å². The average Bonchev–Trinajstić information content (AvgIpc) is 3.07. The van der Waals surface area contributed by atoms with Gasteiger partial charge in [-0.15, -0.1) is 0 Å². The summed E-state index contributed by atoms with van der Waals surface area (Å²) in [6.07, 6.45) is -5.05. The number of amides is 2. The van der Waals surface area contributed by atoms with Gasteiger partial charge in [0.25, 0.3) is 17.8 Å². The number of nitrogens with one attached hydrogen (secondary N) is 4. The van der Waals surface area contributed by atoms with Crippen molar-refractivity contribution in [2.75, 3.05) is 38.2 Å². The van der Waals surface area contributed by atoms with E-state index in [2.05, 4.69) is 31.3 Å². The maximum Gasteiger partial charge on any atom is 0.422 e. The number of alkyl halides is 3. The summed E-state index contributed by atoms with van der Waals surface area (Å²) in [6, 6.07) is 20.4. The van der Waals surface area contributed by atoms with Gasteiger partial charge in [-0.05, 0) is 65.9 Å². The zero-order chi connectivity index (χ0) is 35.0. The molecule has 0 aliphatic carbocycles. The fraction of sp³-hybridized carbons (Fsp3) is 0.353. The predicted octanol–water partition coefficient (Wildman–Crippen LogP) is 5.40. The maximum absolute atomic E-state index is 13.5. The smallest absolute Gasteiger partial charge is 0.422 e. The highest BCUT2D eigenvalue weighted by Crippen LogP contribution is 2.26. The van der Waals surface area contributed by atoms with Crippen molar-refractivity contribution in [1.29, 1.82) is 0 Å². The molecule has 49 heavy (non-hydrogen) atoms. The van der Waals surface area contributed by atoms with Crippen molar-refractivity contribution in [3.05, 3.63) is 94.5 Å². The third-order valence-electron chi connectivity index (χ3n) is 7.47. The standard InChI is InChI=1S/C34H37ClF3N7O4/c1-33(2)19-40-28(46)23-10-12-25(13-11-23)41-31-42-30(43-32(44-31)49-21-34(36,37)38)39-18-22-9-14-27(26(35)17-22)48-16-6-15-45(20-33)29(47)24-7-4-3-5-8-24/h3-5,7-14,17,30,39H,6,15-16,18-21H2,1-2H3,(H,40,46)(H2,41,42,43,44). The van der Waals surface area contributed by atoms with E-state index in [0.717, 1.165) is 5.56 Å². The number of hydrogen-bond acceptors (Lipinski definition) is 9. The number of halogens is 4. The van der Waals surface area contributed by atoms with E-state index in [4.69, 9.17) is 21.1 Å². The summed E-state index contributed by atoms with van der Waals surface area (Å²) in [5.41, 5.74) is 1.73.